The third-order valence-corrected chi connectivity index (χ3v) is 7.41. The Morgan fingerprint density at radius 1 is 1.17 bits per heavy atom. The molecular formula is C22H30N6O2. The second kappa shape index (κ2) is 6.92. The van der Waals surface area contributed by atoms with Crippen LogP contribution in [0.4, 0.5) is 5.95 Å². The Hall–Kier alpha value is -2.19. The van der Waals surface area contributed by atoms with Gasteiger partial charge in [0.25, 0.3) is 5.56 Å². The number of pyridine rings is 1. The second-order valence-corrected chi connectivity index (χ2v) is 9.45. The van der Waals surface area contributed by atoms with Crippen LogP contribution in [0.1, 0.15) is 42.8 Å². The lowest BCUT2D eigenvalue weighted by Crippen LogP contribution is -2.48. The second-order valence-electron chi connectivity index (χ2n) is 9.45. The Kier molecular flexibility index (Phi) is 4.28. The minimum absolute atomic E-state index is 0.215. The van der Waals surface area contributed by atoms with Gasteiger partial charge in [-0.3, -0.25) is 9.69 Å². The number of anilines is 1. The molecule has 8 nitrogen and oxygen atoms in total. The number of nitrogens with zero attached hydrogens (tertiary/aromatic N) is 6. The van der Waals surface area contributed by atoms with Crippen LogP contribution in [0.15, 0.2) is 16.9 Å². The molecule has 6 rings (SSSR count). The molecule has 30 heavy (non-hydrogen) atoms. The number of hydrogen-bond donors (Lipinski definition) is 0. The predicted octanol–water partition coefficient (Wildman–Crippen LogP) is 1.36. The number of ether oxygens (including phenoxy) is 1. The van der Waals surface area contributed by atoms with Crippen molar-refractivity contribution < 1.29 is 4.74 Å². The van der Waals surface area contributed by atoms with Crippen LogP contribution in [0.2, 0.25) is 0 Å². The Balaban J connectivity index is 1.26. The molecule has 0 aliphatic carbocycles. The number of morpholine rings is 1. The van der Waals surface area contributed by atoms with Gasteiger partial charge in [-0.1, -0.05) is 6.07 Å². The lowest BCUT2D eigenvalue weighted by Gasteiger charge is -2.43. The summed E-state index contributed by atoms with van der Waals surface area (Å²) in [4.78, 5) is 22.9. The van der Waals surface area contributed by atoms with Gasteiger partial charge in [-0.15, -0.1) is 0 Å². The Morgan fingerprint density at radius 3 is 2.83 bits per heavy atom. The number of hydrogen-bond acceptors (Lipinski definition) is 6. The smallest absolute Gasteiger partial charge is 0.255 e. The Bertz CT molecular complexity index is 1030. The summed E-state index contributed by atoms with van der Waals surface area (Å²) in [5.74, 6) is 2.65. The highest BCUT2D eigenvalue weighted by Crippen LogP contribution is 2.37. The van der Waals surface area contributed by atoms with Crippen molar-refractivity contribution in [3.63, 3.8) is 0 Å². The number of likely N-dealkylation sites (tertiary alicyclic amines) is 1. The molecule has 0 amide bonds. The highest BCUT2D eigenvalue weighted by atomic mass is 16.5. The average molecular weight is 411 g/mol. The molecule has 0 unspecified atom stereocenters. The van der Waals surface area contributed by atoms with Gasteiger partial charge in [-0.25, -0.2) is 4.68 Å². The van der Waals surface area contributed by atoms with Crippen LogP contribution in [0.25, 0.3) is 0 Å². The van der Waals surface area contributed by atoms with E-state index in [4.69, 9.17) is 4.74 Å². The number of rotatable bonds is 4. The first-order valence-corrected chi connectivity index (χ1v) is 11.3. The molecule has 3 saturated heterocycles. The monoisotopic (exact) mass is 410 g/mol. The zero-order valence-electron chi connectivity index (χ0n) is 17.8. The van der Waals surface area contributed by atoms with Gasteiger partial charge in [-0.05, 0) is 38.7 Å². The van der Waals surface area contributed by atoms with E-state index in [-0.39, 0.29) is 5.56 Å². The van der Waals surface area contributed by atoms with Crippen molar-refractivity contribution in [1.82, 2.24) is 24.2 Å². The first kappa shape index (κ1) is 18.6. The summed E-state index contributed by atoms with van der Waals surface area (Å²) in [6, 6.07) is 4.78. The molecule has 6 heterocycles. The molecule has 4 aliphatic heterocycles. The zero-order chi connectivity index (χ0) is 20.4. The quantitative estimate of drug-likeness (QED) is 0.758. The maximum absolute atomic E-state index is 13.4. The maximum Gasteiger partial charge on any atom is 0.255 e. The fourth-order valence-corrected chi connectivity index (χ4v) is 6.06. The Morgan fingerprint density at radius 2 is 2.07 bits per heavy atom. The van der Waals surface area contributed by atoms with E-state index in [9.17, 15) is 4.79 Å². The molecule has 4 atom stereocenters. The summed E-state index contributed by atoms with van der Waals surface area (Å²) in [5, 5.41) is 4.53. The molecule has 0 radical (unpaired) electrons. The van der Waals surface area contributed by atoms with Crippen molar-refractivity contribution >= 4 is 5.95 Å². The third kappa shape index (κ3) is 2.92. The van der Waals surface area contributed by atoms with Crippen molar-refractivity contribution in [2.24, 2.45) is 5.92 Å². The van der Waals surface area contributed by atoms with E-state index < -0.39 is 0 Å². The topological polar surface area (TPSA) is 68.4 Å². The molecular weight excluding hydrogens is 380 g/mol. The molecule has 0 N–H and O–H groups in total. The van der Waals surface area contributed by atoms with E-state index in [2.05, 4.69) is 43.5 Å². The molecule has 0 spiro atoms. The highest BCUT2D eigenvalue weighted by molar-refractivity contribution is 5.35. The lowest BCUT2D eigenvalue weighted by molar-refractivity contribution is 0.0271. The number of aryl methyl sites for hydroxylation is 2. The first-order chi connectivity index (χ1) is 14.6. The molecule has 160 valence electrons. The van der Waals surface area contributed by atoms with Gasteiger partial charge in [0.05, 0.1) is 12.7 Å². The van der Waals surface area contributed by atoms with Crippen LogP contribution in [0.3, 0.4) is 0 Å². The number of piperidine rings is 1. The summed E-state index contributed by atoms with van der Waals surface area (Å²) in [5.41, 5.74) is 2.34. The van der Waals surface area contributed by atoms with Crippen LogP contribution in [-0.2, 0) is 24.4 Å². The normalized spacial score (nSPS) is 30.1. The SMILES string of the molecule is CCn1nc(C)nc1N1C[C@@H]2C[C@H](C1)c1ccc(CN3C[C@H]4C[C@@H]3CO4)c(=O)n1C2. The molecule has 4 bridgehead atoms. The lowest BCUT2D eigenvalue weighted by atomic mass is 9.83. The van der Waals surface area contributed by atoms with Gasteiger partial charge in [0.1, 0.15) is 5.82 Å². The largest absolute Gasteiger partial charge is 0.375 e. The van der Waals surface area contributed by atoms with E-state index in [1.165, 1.54) is 5.69 Å². The van der Waals surface area contributed by atoms with Crippen LogP contribution in [-0.4, -0.2) is 62.6 Å². The van der Waals surface area contributed by atoms with Crippen molar-refractivity contribution in [1.29, 1.82) is 0 Å². The van der Waals surface area contributed by atoms with Crippen LogP contribution in [0.5, 0.6) is 0 Å². The van der Waals surface area contributed by atoms with E-state index in [0.717, 1.165) is 76.1 Å². The van der Waals surface area contributed by atoms with Gasteiger partial charge in [0.15, 0.2) is 0 Å². The van der Waals surface area contributed by atoms with E-state index in [1.54, 1.807) is 0 Å². The van der Waals surface area contributed by atoms with E-state index >= 15 is 0 Å². The summed E-state index contributed by atoms with van der Waals surface area (Å²) in [6.07, 6.45) is 2.64. The van der Waals surface area contributed by atoms with Gasteiger partial charge in [-0.2, -0.15) is 10.1 Å². The van der Waals surface area contributed by atoms with Gasteiger partial charge >= 0.3 is 0 Å². The van der Waals surface area contributed by atoms with Crippen molar-refractivity contribution in [3.05, 3.63) is 39.6 Å². The van der Waals surface area contributed by atoms with E-state index in [1.807, 2.05) is 11.6 Å². The minimum Gasteiger partial charge on any atom is -0.375 e. The van der Waals surface area contributed by atoms with Gasteiger partial charge < -0.3 is 14.2 Å². The van der Waals surface area contributed by atoms with Crippen molar-refractivity contribution in [2.75, 3.05) is 31.1 Å². The van der Waals surface area contributed by atoms with Gasteiger partial charge in [0, 0.05) is 62.5 Å². The minimum atomic E-state index is 0.215. The Labute approximate surface area is 176 Å². The van der Waals surface area contributed by atoms with Crippen molar-refractivity contribution in [2.45, 2.75) is 64.4 Å². The maximum atomic E-state index is 13.4. The van der Waals surface area contributed by atoms with E-state index in [0.29, 0.717) is 24.0 Å². The standard InChI is InChI=1S/C22H30N6O2/c1-3-28-22(23-14(2)24-28)26-8-15-6-17(11-26)20-5-4-16(21(29)27(20)9-15)10-25-12-19-7-18(25)13-30-19/h4-5,15,17-19H,3,6-13H2,1-2H3/t15-,17+,18+,19+/m0/s1. The highest BCUT2D eigenvalue weighted by Gasteiger charge is 2.40. The van der Waals surface area contributed by atoms with Crippen molar-refractivity contribution in [3.8, 4) is 0 Å². The molecule has 0 saturated carbocycles. The summed E-state index contributed by atoms with van der Waals surface area (Å²) in [7, 11) is 0. The van der Waals surface area contributed by atoms with Crippen LogP contribution >= 0.6 is 0 Å². The van der Waals surface area contributed by atoms with Gasteiger partial charge in [0.2, 0.25) is 5.95 Å². The molecule has 2 aromatic rings. The number of fused-ring (bicyclic) bond motifs is 6. The fourth-order valence-electron chi connectivity index (χ4n) is 6.06. The van der Waals surface area contributed by atoms with Crippen LogP contribution < -0.4 is 10.5 Å². The summed E-state index contributed by atoms with van der Waals surface area (Å²) in [6.45, 7) is 10.1. The fraction of sp³-hybridized carbons (Fsp3) is 0.682. The third-order valence-electron chi connectivity index (χ3n) is 7.41. The number of aromatic nitrogens is 4. The molecule has 3 fully saturated rings. The summed E-state index contributed by atoms with van der Waals surface area (Å²) >= 11 is 0. The molecule has 8 heteroatoms. The summed E-state index contributed by atoms with van der Waals surface area (Å²) < 4.78 is 9.79. The predicted molar refractivity (Wildman–Crippen MR) is 113 cm³/mol. The zero-order valence-corrected chi connectivity index (χ0v) is 17.8. The average Bonchev–Trinajstić information content (AvgIpc) is 3.45. The molecule has 4 aliphatic rings. The molecule has 0 aromatic carbocycles. The molecule has 2 aromatic heterocycles. The van der Waals surface area contributed by atoms with Crippen LogP contribution in [0, 0.1) is 12.8 Å². The first-order valence-electron chi connectivity index (χ1n) is 11.3.